The summed E-state index contributed by atoms with van der Waals surface area (Å²) in [6.45, 7) is 8.35. The molecule has 0 bridgehead atoms. The van der Waals surface area contributed by atoms with Crippen LogP contribution in [0.25, 0.3) is 0 Å². The highest BCUT2D eigenvalue weighted by molar-refractivity contribution is 5.95. The first-order valence-corrected chi connectivity index (χ1v) is 10.4. The summed E-state index contributed by atoms with van der Waals surface area (Å²) in [4.78, 5) is 28.8. The molecule has 0 spiro atoms. The molecule has 30 heavy (non-hydrogen) atoms. The van der Waals surface area contributed by atoms with E-state index in [1.807, 2.05) is 29.2 Å². The van der Waals surface area contributed by atoms with Gasteiger partial charge >= 0.3 is 5.97 Å². The number of benzene rings is 1. The van der Waals surface area contributed by atoms with E-state index in [1.165, 1.54) is 12.8 Å². The summed E-state index contributed by atoms with van der Waals surface area (Å²) >= 11 is 0. The second-order valence-corrected chi connectivity index (χ2v) is 7.37. The Bertz CT molecular complexity index is 663. The minimum atomic E-state index is -0.214. The van der Waals surface area contributed by atoms with Gasteiger partial charge in [0.2, 0.25) is 0 Å². The smallest absolute Gasteiger partial charge is 0.307 e. The molecule has 0 unspecified atom stereocenters. The first kappa shape index (κ1) is 26.5. The van der Waals surface area contributed by atoms with Crippen molar-refractivity contribution in [2.75, 3.05) is 57.7 Å². The quantitative estimate of drug-likeness (QED) is 0.608. The largest absolute Gasteiger partial charge is 0.466 e. The molecule has 2 heterocycles. The van der Waals surface area contributed by atoms with Crippen LogP contribution in [-0.2, 0) is 9.53 Å². The lowest BCUT2D eigenvalue weighted by molar-refractivity contribution is -0.142. The van der Waals surface area contributed by atoms with Crippen molar-refractivity contribution < 1.29 is 14.3 Å². The molecule has 0 atom stereocenters. The van der Waals surface area contributed by atoms with Crippen LogP contribution < -0.4 is 10.6 Å². The number of nitrogens with one attached hydrogen (secondary N) is 2. The molecule has 2 aliphatic heterocycles. The fraction of sp³-hybridized carbons (Fsp3) is 0.619. The lowest BCUT2D eigenvalue weighted by atomic mass is 10.0. The summed E-state index contributed by atoms with van der Waals surface area (Å²) in [7, 11) is 0. The van der Waals surface area contributed by atoms with Gasteiger partial charge in [-0.15, -0.1) is 24.8 Å². The Hall–Kier alpha value is -1.54. The Kier molecular flexibility index (Phi) is 12.1. The van der Waals surface area contributed by atoms with Gasteiger partial charge in [-0.3, -0.25) is 14.5 Å². The van der Waals surface area contributed by atoms with Crippen molar-refractivity contribution in [2.24, 2.45) is 0 Å². The van der Waals surface area contributed by atoms with Gasteiger partial charge in [0.25, 0.3) is 5.91 Å². The third kappa shape index (κ3) is 7.61. The molecule has 2 saturated heterocycles. The van der Waals surface area contributed by atoms with Crippen LogP contribution in [-0.4, -0.2) is 80.1 Å². The Morgan fingerprint density at radius 1 is 1.13 bits per heavy atom. The summed E-state index contributed by atoms with van der Waals surface area (Å²) in [6.07, 6.45) is 2.71. The average molecular weight is 461 g/mol. The number of piperidine rings is 1. The molecule has 0 radical (unpaired) electrons. The molecular weight excluding hydrogens is 427 g/mol. The summed E-state index contributed by atoms with van der Waals surface area (Å²) < 4.78 is 4.93. The molecule has 0 aliphatic carbocycles. The number of anilines is 1. The zero-order chi connectivity index (χ0) is 19.8. The van der Waals surface area contributed by atoms with Crippen molar-refractivity contribution in [2.45, 2.75) is 32.2 Å². The molecule has 2 N–H and O–H groups in total. The maximum absolute atomic E-state index is 12.9. The van der Waals surface area contributed by atoms with Crippen LogP contribution in [0.3, 0.4) is 0 Å². The van der Waals surface area contributed by atoms with Crippen molar-refractivity contribution in [3.05, 3.63) is 29.8 Å². The molecule has 3 rings (SSSR count). The van der Waals surface area contributed by atoms with Crippen LogP contribution in [0.2, 0.25) is 0 Å². The summed E-state index contributed by atoms with van der Waals surface area (Å²) in [6, 6.07) is 8.18. The lowest BCUT2D eigenvalue weighted by Crippen LogP contribution is -2.53. The monoisotopic (exact) mass is 460 g/mol. The SMILES string of the molecule is CCOC(=O)CCNc1cccc(C(=O)N2CCN(C3CCNCC3)CC2)c1.Cl.Cl. The molecule has 1 aromatic rings. The van der Waals surface area contributed by atoms with Gasteiger partial charge in [0.05, 0.1) is 13.0 Å². The predicted octanol–water partition coefficient (Wildman–Crippen LogP) is 2.41. The standard InChI is InChI=1S/C21H32N4O3.2ClH/c1-2-28-20(26)8-11-23-18-5-3-4-17(16-18)21(27)25-14-12-24(13-15-25)19-6-9-22-10-7-19;;/h3-5,16,19,22-23H,2,6-15H2,1H3;2*1H. The number of esters is 1. The lowest BCUT2D eigenvalue weighted by Gasteiger charge is -2.40. The van der Waals surface area contributed by atoms with Gasteiger partial charge in [-0.1, -0.05) is 6.07 Å². The van der Waals surface area contributed by atoms with E-state index in [4.69, 9.17) is 4.74 Å². The number of piperazine rings is 1. The van der Waals surface area contributed by atoms with Gasteiger partial charge in [-0.05, 0) is 51.1 Å². The minimum Gasteiger partial charge on any atom is -0.466 e. The van der Waals surface area contributed by atoms with Crippen LogP contribution in [0, 0.1) is 0 Å². The molecule has 1 aromatic carbocycles. The number of halogens is 2. The number of hydrogen-bond donors (Lipinski definition) is 2. The Labute approximate surface area is 191 Å². The van der Waals surface area contributed by atoms with E-state index in [0.717, 1.165) is 45.0 Å². The third-order valence-corrected chi connectivity index (χ3v) is 5.50. The molecule has 0 saturated carbocycles. The molecule has 0 aromatic heterocycles. The molecule has 2 aliphatic rings. The summed E-state index contributed by atoms with van der Waals surface area (Å²) in [5.41, 5.74) is 1.54. The number of hydrogen-bond acceptors (Lipinski definition) is 6. The number of rotatable bonds is 7. The van der Waals surface area contributed by atoms with E-state index >= 15 is 0 Å². The molecule has 7 nitrogen and oxygen atoms in total. The van der Waals surface area contributed by atoms with Crippen molar-refractivity contribution in [1.82, 2.24) is 15.1 Å². The normalized spacial score (nSPS) is 17.4. The van der Waals surface area contributed by atoms with E-state index in [-0.39, 0.29) is 36.7 Å². The molecular formula is C21H34Cl2N4O3. The van der Waals surface area contributed by atoms with Gasteiger partial charge in [-0.25, -0.2) is 0 Å². The van der Waals surface area contributed by atoms with Crippen LogP contribution in [0.15, 0.2) is 24.3 Å². The van der Waals surface area contributed by atoms with Crippen LogP contribution >= 0.6 is 24.8 Å². The van der Waals surface area contributed by atoms with Gasteiger partial charge < -0.3 is 20.3 Å². The van der Waals surface area contributed by atoms with Gasteiger partial charge in [0, 0.05) is 50.0 Å². The first-order chi connectivity index (χ1) is 13.7. The van der Waals surface area contributed by atoms with Crippen molar-refractivity contribution >= 4 is 42.4 Å². The fourth-order valence-corrected chi connectivity index (χ4v) is 3.95. The second-order valence-electron chi connectivity index (χ2n) is 7.37. The number of carbonyl (C=O) groups excluding carboxylic acids is 2. The molecule has 170 valence electrons. The maximum atomic E-state index is 12.9. The fourth-order valence-electron chi connectivity index (χ4n) is 3.95. The third-order valence-electron chi connectivity index (χ3n) is 5.50. The summed E-state index contributed by atoms with van der Waals surface area (Å²) in [5, 5.41) is 6.61. The highest BCUT2D eigenvalue weighted by Crippen LogP contribution is 2.17. The zero-order valence-electron chi connectivity index (χ0n) is 17.6. The Morgan fingerprint density at radius 3 is 2.50 bits per heavy atom. The zero-order valence-corrected chi connectivity index (χ0v) is 19.2. The Balaban J connectivity index is 0.00000225. The average Bonchev–Trinajstić information content (AvgIpc) is 2.74. The Morgan fingerprint density at radius 2 is 1.83 bits per heavy atom. The van der Waals surface area contributed by atoms with Crippen LogP contribution in [0.4, 0.5) is 5.69 Å². The first-order valence-electron chi connectivity index (χ1n) is 10.4. The van der Waals surface area contributed by atoms with Gasteiger partial charge in [0.15, 0.2) is 0 Å². The van der Waals surface area contributed by atoms with Gasteiger partial charge in [-0.2, -0.15) is 0 Å². The van der Waals surface area contributed by atoms with Crippen molar-refractivity contribution in [1.29, 1.82) is 0 Å². The highest BCUT2D eigenvalue weighted by atomic mass is 35.5. The number of nitrogens with zero attached hydrogens (tertiary/aromatic N) is 2. The highest BCUT2D eigenvalue weighted by Gasteiger charge is 2.27. The minimum absolute atomic E-state index is 0. The van der Waals surface area contributed by atoms with E-state index in [9.17, 15) is 9.59 Å². The topological polar surface area (TPSA) is 73.9 Å². The van der Waals surface area contributed by atoms with Gasteiger partial charge in [0.1, 0.15) is 0 Å². The molecule has 2 fully saturated rings. The number of amides is 1. The maximum Gasteiger partial charge on any atom is 0.307 e. The number of carbonyl (C=O) groups is 2. The van der Waals surface area contributed by atoms with E-state index in [0.29, 0.717) is 31.2 Å². The number of ether oxygens (including phenoxy) is 1. The molecule has 1 amide bonds. The van der Waals surface area contributed by atoms with Crippen molar-refractivity contribution in [3.8, 4) is 0 Å². The van der Waals surface area contributed by atoms with E-state index < -0.39 is 0 Å². The van der Waals surface area contributed by atoms with Crippen molar-refractivity contribution in [3.63, 3.8) is 0 Å². The predicted molar refractivity (Wildman–Crippen MR) is 124 cm³/mol. The second kappa shape index (κ2) is 13.7. The van der Waals surface area contributed by atoms with Crippen LogP contribution in [0.5, 0.6) is 0 Å². The molecule has 9 heteroatoms. The van der Waals surface area contributed by atoms with E-state index in [2.05, 4.69) is 15.5 Å². The summed E-state index contributed by atoms with van der Waals surface area (Å²) in [5.74, 6) is -0.132. The van der Waals surface area contributed by atoms with Crippen LogP contribution in [0.1, 0.15) is 36.5 Å². The van der Waals surface area contributed by atoms with E-state index in [1.54, 1.807) is 6.92 Å².